The van der Waals surface area contributed by atoms with Crippen LogP contribution in [0, 0.1) is 0 Å². The summed E-state index contributed by atoms with van der Waals surface area (Å²) in [7, 11) is 2.78. The molecule has 1 rings (SSSR count). The number of hydrogen-bond acceptors (Lipinski definition) is 4. The third-order valence-electron chi connectivity index (χ3n) is 3.11. The van der Waals surface area contributed by atoms with Gasteiger partial charge in [-0.25, -0.2) is 4.79 Å². The fourth-order valence-corrected chi connectivity index (χ4v) is 1.59. The molecule has 2 N–H and O–H groups in total. The second-order valence-corrected chi connectivity index (χ2v) is 4.46. The Morgan fingerprint density at radius 1 is 1.29 bits per heavy atom. The number of benzene rings is 1. The second-order valence-electron chi connectivity index (χ2n) is 4.46. The first-order valence-electron chi connectivity index (χ1n) is 5.91. The summed E-state index contributed by atoms with van der Waals surface area (Å²) in [6.45, 7) is 0.227. The van der Waals surface area contributed by atoms with Crippen LogP contribution in [0.2, 0.25) is 0 Å². The van der Waals surface area contributed by atoms with E-state index in [9.17, 15) is 18.0 Å². The van der Waals surface area contributed by atoms with Crippen LogP contribution in [-0.4, -0.2) is 37.0 Å². The minimum atomic E-state index is -4.94. The van der Waals surface area contributed by atoms with Gasteiger partial charge in [-0.05, 0) is 25.1 Å². The Hall–Kier alpha value is -1.96. The Kier molecular flexibility index (Phi) is 5.06. The average Bonchev–Trinajstić information content (AvgIpc) is 2.42. The first-order valence-corrected chi connectivity index (χ1v) is 5.91. The van der Waals surface area contributed by atoms with E-state index in [1.54, 1.807) is 6.07 Å². The van der Waals surface area contributed by atoms with Crippen molar-refractivity contribution in [2.45, 2.75) is 25.2 Å². The number of halogens is 3. The van der Waals surface area contributed by atoms with Crippen LogP contribution in [0.4, 0.5) is 13.2 Å². The number of ether oxygens (including phenoxy) is 2. The van der Waals surface area contributed by atoms with Crippen molar-refractivity contribution < 1.29 is 32.5 Å². The lowest BCUT2D eigenvalue weighted by molar-refractivity contribution is -0.206. The zero-order chi connectivity index (χ0) is 16.3. The lowest BCUT2D eigenvalue weighted by Crippen LogP contribution is -2.59. The molecule has 1 aromatic rings. The summed E-state index contributed by atoms with van der Waals surface area (Å²) in [5.74, 6) is -1.24. The number of hydrogen-bond donors (Lipinski definition) is 2. The first-order chi connectivity index (χ1) is 9.65. The van der Waals surface area contributed by atoms with Gasteiger partial charge in [0.2, 0.25) is 5.54 Å². The quantitative estimate of drug-likeness (QED) is 0.843. The van der Waals surface area contributed by atoms with Crippen molar-refractivity contribution in [3.05, 3.63) is 23.8 Å². The number of carboxylic acid groups (broad SMARTS) is 1. The molecule has 118 valence electrons. The van der Waals surface area contributed by atoms with E-state index in [0.29, 0.717) is 24.0 Å². The van der Waals surface area contributed by atoms with Crippen molar-refractivity contribution in [3.8, 4) is 11.5 Å². The Morgan fingerprint density at radius 2 is 1.90 bits per heavy atom. The summed E-state index contributed by atoms with van der Waals surface area (Å²) < 4.78 is 48.7. The van der Waals surface area contributed by atoms with E-state index < -0.39 is 17.7 Å². The van der Waals surface area contributed by atoms with Crippen molar-refractivity contribution in [2.24, 2.45) is 0 Å². The van der Waals surface area contributed by atoms with Gasteiger partial charge in [-0.1, -0.05) is 0 Å². The van der Waals surface area contributed by atoms with E-state index >= 15 is 0 Å². The minimum Gasteiger partial charge on any atom is -0.497 e. The molecule has 0 fully saturated rings. The molecule has 1 aromatic carbocycles. The third kappa shape index (κ3) is 3.57. The molecule has 0 aliphatic heterocycles. The maximum atomic E-state index is 12.9. The highest BCUT2D eigenvalue weighted by Gasteiger charge is 2.57. The number of carboxylic acids is 1. The van der Waals surface area contributed by atoms with Crippen molar-refractivity contribution in [1.29, 1.82) is 0 Å². The van der Waals surface area contributed by atoms with Crippen LogP contribution < -0.4 is 14.8 Å². The third-order valence-corrected chi connectivity index (χ3v) is 3.11. The molecule has 0 spiro atoms. The van der Waals surface area contributed by atoms with Gasteiger partial charge in [0.25, 0.3) is 0 Å². The molecule has 0 aliphatic rings. The van der Waals surface area contributed by atoms with Crippen LogP contribution in [0.25, 0.3) is 0 Å². The van der Waals surface area contributed by atoms with Crippen LogP contribution in [-0.2, 0) is 11.3 Å². The Morgan fingerprint density at radius 3 is 2.33 bits per heavy atom. The van der Waals surface area contributed by atoms with E-state index in [1.165, 1.54) is 26.4 Å². The summed E-state index contributed by atoms with van der Waals surface area (Å²) in [6.07, 6.45) is -4.94. The molecule has 0 radical (unpaired) electrons. The predicted octanol–water partition coefficient (Wildman–Crippen LogP) is 2.20. The topological polar surface area (TPSA) is 67.8 Å². The van der Waals surface area contributed by atoms with Gasteiger partial charge in [0.05, 0.1) is 14.2 Å². The van der Waals surface area contributed by atoms with E-state index in [1.807, 2.05) is 5.32 Å². The molecule has 0 aliphatic carbocycles. The molecule has 1 atom stereocenters. The number of aliphatic carboxylic acids is 1. The van der Waals surface area contributed by atoms with Gasteiger partial charge in [0, 0.05) is 12.1 Å². The highest BCUT2D eigenvalue weighted by Crippen LogP contribution is 2.32. The smallest absolute Gasteiger partial charge is 0.417 e. The molecule has 0 heterocycles. The van der Waals surface area contributed by atoms with Crippen LogP contribution >= 0.6 is 0 Å². The van der Waals surface area contributed by atoms with Gasteiger partial charge < -0.3 is 14.6 Å². The highest BCUT2D eigenvalue weighted by atomic mass is 19.4. The average molecular weight is 307 g/mol. The zero-order valence-corrected chi connectivity index (χ0v) is 11.7. The number of methoxy groups -OCH3 is 2. The standard InChI is InChI=1S/C13H16F3NO4/c1-12(11(18)19,13(14,15)16)17-7-8-6-9(20-2)4-5-10(8)21-3/h4-6,17H,7H2,1-3H3,(H,18,19). The Balaban J connectivity index is 3.03. The number of nitrogens with one attached hydrogen (secondary N) is 1. The van der Waals surface area contributed by atoms with Crippen LogP contribution in [0.5, 0.6) is 11.5 Å². The lowest BCUT2D eigenvalue weighted by Gasteiger charge is -2.29. The van der Waals surface area contributed by atoms with Crippen LogP contribution in [0.3, 0.4) is 0 Å². The van der Waals surface area contributed by atoms with Crippen molar-refractivity contribution in [2.75, 3.05) is 14.2 Å². The number of carbonyl (C=O) groups is 1. The van der Waals surface area contributed by atoms with Gasteiger partial charge in [-0.15, -0.1) is 0 Å². The second kappa shape index (κ2) is 6.21. The monoisotopic (exact) mass is 307 g/mol. The van der Waals surface area contributed by atoms with Crippen molar-refractivity contribution in [3.63, 3.8) is 0 Å². The van der Waals surface area contributed by atoms with E-state index in [2.05, 4.69) is 0 Å². The zero-order valence-electron chi connectivity index (χ0n) is 11.7. The van der Waals surface area contributed by atoms with Gasteiger partial charge in [-0.3, -0.25) is 5.32 Å². The first kappa shape index (κ1) is 17.1. The number of alkyl halides is 3. The van der Waals surface area contributed by atoms with Crippen LogP contribution in [0.1, 0.15) is 12.5 Å². The molecule has 0 saturated heterocycles. The summed E-state index contributed by atoms with van der Waals surface area (Å²) in [4.78, 5) is 10.9. The molecular formula is C13H16F3NO4. The maximum absolute atomic E-state index is 12.9. The summed E-state index contributed by atoms with van der Waals surface area (Å²) in [5.41, 5.74) is -2.70. The Labute approximate surface area is 119 Å². The SMILES string of the molecule is COc1ccc(OC)c(CNC(C)(C(=O)O)C(F)(F)F)c1. The molecule has 0 amide bonds. The molecular weight excluding hydrogens is 291 g/mol. The number of rotatable bonds is 6. The van der Waals surface area contributed by atoms with E-state index in [-0.39, 0.29) is 6.54 Å². The maximum Gasteiger partial charge on any atom is 0.417 e. The predicted molar refractivity (Wildman–Crippen MR) is 68.5 cm³/mol. The van der Waals surface area contributed by atoms with Crippen LogP contribution in [0.15, 0.2) is 18.2 Å². The highest BCUT2D eigenvalue weighted by molar-refractivity contribution is 5.79. The van der Waals surface area contributed by atoms with Crippen molar-refractivity contribution >= 4 is 5.97 Å². The summed E-state index contributed by atoms with van der Waals surface area (Å²) >= 11 is 0. The Bertz CT molecular complexity index is 519. The summed E-state index contributed by atoms with van der Waals surface area (Å²) in [5, 5.41) is 10.9. The van der Waals surface area contributed by atoms with Gasteiger partial charge in [-0.2, -0.15) is 13.2 Å². The molecule has 1 unspecified atom stereocenters. The lowest BCUT2D eigenvalue weighted by atomic mass is 10.0. The summed E-state index contributed by atoms with van der Waals surface area (Å²) in [6, 6.07) is 4.59. The fourth-order valence-electron chi connectivity index (χ4n) is 1.59. The minimum absolute atomic E-state index is 0.332. The molecule has 0 bridgehead atoms. The van der Waals surface area contributed by atoms with E-state index in [4.69, 9.17) is 14.6 Å². The largest absolute Gasteiger partial charge is 0.497 e. The van der Waals surface area contributed by atoms with Gasteiger partial charge in [0.15, 0.2) is 0 Å². The molecule has 21 heavy (non-hydrogen) atoms. The fraction of sp³-hybridized carbons (Fsp3) is 0.462. The van der Waals surface area contributed by atoms with Gasteiger partial charge in [0.1, 0.15) is 11.5 Å². The van der Waals surface area contributed by atoms with Gasteiger partial charge >= 0.3 is 12.1 Å². The normalized spacial score (nSPS) is 14.4. The molecule has 5 nitrogen and oxygen atoms in total. The molecule has 0 saturated carbocycles. The molecule has 0 aromatic heterocycles. The van der Waals surface area contributed by atoms with E-state index in [0.717, 1.165) is 0 Å². The molecule has 8 heteroatoms. The van der Waals surface area contributed by atoms with Crippen molar-refractivity contribution in [1.82, 2.24) is 5.32 Å².